The number of benzene rings is 4. The molecule has 0 saturated carbocycles. The van der Waals surface area contributed by atoms with Gasteiger partial charge in [0.25, 0.3) is 0 Å². The first kappa shape index (κ1) is 57.8. The first-order valence-corrected chi connectivity index (χ1v) is 18.9. The summed E-state index contributed by atoms with van der Waals surface area (Å²) in [5, 5.41) is 2.55. The Balaban J connectivity index is 0. The molecular weight excluding hydrogens is 813 g/mol. The van der Waals surface area contributed by atoms with Crippen molar-refractivity contribution in [2.75, 3.05) is 14.1 Å². The number of nitrogens with zero attached hydrogens (tertiary/aromatic N) is 2. The summed E-state index contributed by atoms with van der Waals surface area (Å²) in [7, 11) is 3.45. The van der Waals surface area contributed by atoms with Gasteiger partial charge in [0.15, 0.2) is 0 Å². The van der Waals surface area contributed by atoms with E-state index in [0.717, 1.165) is 22.3 Å². The van der Waals surface area contributed by atoms with Gasteiger partial charge in [-0.1, -0.05) is 136 Å². The highest BCUT2D eigenvalue weighted by Gasteiger charge is 2.27. The summed E-state index contributed by atoms with van der Waals surface area (Å²) < 4.78 is 15.8. The second kappa shape index (κ2) is 30.7. The molecule has 3 amide bonds. The second-order valence-electron chi connectivity index (χ2n) is 14.5. The van der Waals surface area contributed by atoms with Crippen LogP contribution in [0.2, 0.25) is 0 Å². The minimum absolute atomic E-state index is 0. The number of amides is 3. The van der Waals surface area contributed by atoms with E-state index in [9.17, 15) is 24.0 Å². The van der Waals surface area contributed by atoms with Crippen molar-refractivity contribution < 1.29 is 38.2 Å². The van der Waals surface area contributed by atoms with Gasteiger partial charge in [-0.15, -0.1) is 0 Å². The lowest BCUT2D eigenvalue weighted by molar-refractivity contribution is -0.148. The molecule has 0 aliphatic rings. The van der Waals surface area contributed by atoms with Crippen molar-refractivity contribution in [1.29, 1.82) is 0 Å². The SMILES string of the molecule is C.C.CN(Cc1ccccc1)C(=O)CC[C@H](N)C(=O)OCc1ccccc1.CN(Cc1ccccc1)C(=O)CC[C@H](NC(=O)OC(C)(C)C)C(=O)OCc1ccccc1.S.S. The summed E-state index contributed by atoms with van der Waals surface area (Å²) in [5.41, 5.74) is 8.93. The van der Waals surface area contributed by atoms with Gasteiger partial charge in [0, 0.05) is 40.0 Å². The molecule has 0 aliphatic heterocycles. The summed E-state index contributed by atoms with van der Waals surface area (Å²) in [6, 6.07) is 36.2. The molecule has 0 bridgehead atoms. The lowest BCUT2D eigenvalue weighted by atomic mass is 10.1. The van der Waals surface area contributed by atoms with Crippen molar-refractivity contribution in [1.82, 2.24) is 15.1 Å². The van der Waals surface area contributed by atoms with Gasteiger partial charge in [-0.2, -0.15) is 27.0 Å². The van der Waals surface area contributed by atoms with Crippen LogP contribution < -0.4 is 11.1 Å². The first-order chi connectivity index (χ1) is 27.2. The van der Waals surface area contributed by atoms with Crippen LogP contribution in [0.15, 0.2) is 121 Å². The summed E-state index contributed by atoms with van der Waals surface area (Å²) >= 11 is 0. The van der Waals surface area contributed by atoms with Crippen LogP contribution in [-0.4, -0.2) is 71.4 Å². The first-order valence-electron chi connectivity index (χ1n) is 18.9. The molecule has 14 heteroatoms. The molecule has 0 aromatic heterocycles. The van der Waals surface area contributed by atoms with Gasteiger partial charge in [-0.25, -0.2) is 9.59 Å². The van der Waals surface area contributed by atoms with Gasteiger partial charge >= 0.3 is 18.0 Å². The van der Waals surface area contributed by atoms with E-state index in [1.807, 2.05) is 121 Å². The van der Waals surface area contributed by atoms with E-state index in [2.05, 4.69) is 5.32 Å². The maximum atomic E-state index is 12.7. The van der Waals surface area contributed by atoms with Gasteiger partial charge in [-0.05, 0) is 55.9 Å². The third kappa shape index (κ3) is 23.9. The number of rotatable bonds is 17. The smallest absolute Gasteiger partial charge is 0.408 e. The maximum Gasteiger partial charge on any atom is 0.408 e. The summed E-state index contributed by atoms with van der Waals surface area (Å²) in [6.45, 7) is 6.46. The van der Waals surface area contributed by atoms with Crippen molar-refractivity contribution in [2.24, 2.45) is 5.73 Å². The Kier molecular flexibility index (Phi) is 29.1. The number of carbonyl (C=O) groups excluding carboxylic acids is 5. The van der Waals surface area contributed by atoms with E-state index in [1.54, 1.807) is 44.7 Å². The van der Waals surface area contributed by atoms with Gasteiger partial charge < -0.3 is 35.1 Å². The lowest BCUT2D eigenvalue weighted by Gasteiger charge is -2.23. The van der Waals surface area contributed by atoms with Crippen LogP contribution in [0.1, 0.15) is 83.6 Å². The predicted molar refractivity (Wildman–Crippen MR) is 252 cm³/mol. The molecule has 0 aliphatic carbocycles. The van der Waals surface area contributed by atoms with Crippen molar-refractivity contribution >= 4 is 56.8 Å². The fourth-order valence-electron chi connectivity index (χ4n) is 5.30. The molecule has 0 saturated heterocycles. The van der Waals surface area contributed by atoms with Crippen LogP contribution in [0.5, 0.6) is 0 Å². The summed E-state index contributed by atoms with van der Waals surface area (Å²) in [5.74, 6) is -1.28. The summed E-state index contributed by atoms with van der Waals surface area (Å²) in [6.07, 6.45) is -0.0739. The third-order valence-corrected chi connectivity index (χ3v) is 8.42. The molecule has 4 rings (SSSR count). The largest absolute Gasteiger partial charge is 0.460 e. The topological polar surface area (TPSA) is 158 Å². The molecule has 3 N–H and O–H groups in total. The fraction of sp³-hybridized carbons (Fsp3) is 0.383. The van der Waals surface area contributed by atoms with Gasteiger partial charge in [0.2, 0.25) is 11.8 Å². The monoisotopic (exact) mass is 880 g/mol. The molecule has 61 heavy (non-hydrogen) atoms. The van der Waals surface area contributed by atoms with E-state index >= 15 is 0 Å². The maximum absolute atomic E-state index is 12.7. The van der Waals surface area contributed by atoms with E-state index in [1.165, 1.54) is 0 Å². The predicted octanol–water partition coefficient (Wildman–Crippen LogP) is 8.06. The Hall–Kier alpha value is -5.31. The van der Waals surface area contributed by atoms with Crippen molar-refractivity contribution in [2.45, 2.75) is 105 Å². The highest BCUT2D eigenvalue weighted by molar-refractivity contribution is 7.59. The average molecular weight is 881 g/mol. The second-order valence-corrected chi connectivity index (χ2v) is 14.5. The molecule has 12 nitrogen and oxygen atoms in total. The molecule has 4 aromatic rings. The zero-order valence-corrected chi connectivity index (χ0v) is 36.6. The van der Waals surface area contributed by atoms with E-state index < -0.39 is 35.7 Å². The van der Waals surface area contributed by atoms with Gasteiger partial charge in [0.1, 0.15) is 30.9 Å². The molecule has 0 unspecified atom stereocenters. The number of hydrogen-bond donors (Lipinski definition) is 2. The molecule has 0 fully saturated rings. The number of ether oxygens (including phenoxy) is 3. The van der Waals surface area contributed by atoms with E-state index in [4.69, 9.17) is 19.9 Å². The molecule has 2 atom stereocenters. The zero-order valence-electron chi connectivity index (χ0n) is 34.6. The average Bonchev–Trinajstić information content (AvgIpc) is 3.20. The Morgan fingerprint density at radius 3 is 1.30 bits per heavy atom. The summed E-state index contributed by atoms with van der Waals surface area (Å²) in [4.78, 5) is 64.8. The number of nitrogens with two attached hydrogens (primary N) is 1. The van der Waals surface area contributed by atoms with Crippen molar-refractivity contribution in [3.63, 3.8) is 0 Å². The normalized spacial score (nSPS) is 11.0. The lowest BCUT2D eigenvalue weighted by Crippen LogP contribution is -2.44. The highest BCUT2D eigenvalue weighted by atomic mass is 32.1. The quantitative estimate of drug-likeness (QED) is 0.0791. The number of esters is 2. The van der Waals surface area contributed by atoms with Gasteiger partial charge in [-0.3, -0.25) is 14.4 Å². The number of carbonyl (C=O) groups is 5. The van der Waals surface area contributed by atoms with Crippen molar-refractivity contribution in [3.05, 3.63) is 144 Å². The van der Waals surface area contributed by atoms with Crippen molar-refractivity contribution in [3.8, 4) is 0 Å². The number of hydrogen-bond acceptors (Lipinski definition) is 9. The third-order valence-electron chi connectivity index (χ3n) is 8.42. The molecule has 0 spiro atoms. The highest BCUT2D eigenvalue weighted by Crippen LogP contribution is 2.12. The zero-order chi connectivity index (χ0) is 41.6. The molecule has 0 heterocycles. The molecular formula is C47H68N4O8S2. The minimum atomic E-state index is -0.998. The molecule has 336 valence electrons. The Labute approximate surface area is 377 Å². The van der Waals surface area contributed by atoms with Crippen LogP contribution in [0.25, 0.3) is 0 Å². The van der Waals surface area contributed by atoms with Crippen LogP contribution >= 0.6 is 27.0 Å². The van der Waals surface area contributed by atoms with Crippen LogP contribution in [0, 0.1) is 0 Å². The van der Waals surface area contributed by atoms with Crippen LogP contribution in [0.3, 0.4) is 0 Å². The van der Waals surface area contributed by atoms with Crippen LogP contribution in [-0.2, 0) is 59.7 Å². The van der Waals surface area contributed by atoms with E-state index in [-0.39, 0.29) is 92.6 Å². The number of alkyl carbamates (subject to hydrolysis) is 1. The van der Waals surface area contributed by atoms with E-state index in [0.29, 0.717) is 13.1 Å². The number of nitrogens with one attached hydrogen (secondary N) is 1. The fourth-order valence-corrected chi connectivity index (χ4v) is 5.30. The molecule has 4 aromatic carbocycles. The van der Waals surface area contributed by atoms with Gasteiger partial charge in [0.05, 0.1) is 0 Å². The molecule has 0 radical (unpaired) electrons. The van der Waals surface area contributed by atoms with Crippen LogP contribution in [0.4, 0.5) is 4.79 Å². The minimum Gasteiger partial charge on any atom is -0.460 e. The Bertz CT molecular complexity index is 1830. The Morgan fingerprint density at radius 2 is 0.918 bits per heavy atom. The standard InChI is InChI=1S/C25H32N2O5.C20H24N2O3.2CH4.2H2S/c1-25(2,3)32-24(30)26-21(23(29)31-18-20-13-9-6-10-14-20)15-16-22(28)27(4)17-19-11-7-5-8-12-19;1-22(14-16-8-4-2-5-9-16)19(23)13-12-18(21)20(24)25-15-17-10-6-3-7-11-17;;;;/h5-14,21H,15-18H2,1-4H3,(H,26,30);2-11,18H,12-15,21H2,1H3;2*1H4;2*1H2/t21-;18-;;;;/m00..../s1. The Morgan fingerprint density at radius 1 is 0.574 bits per heavy atom.